The number of aryl methyl sites for hydroxylation is 2. The Labute approximate surface area is 213 Å². The van der Waals surface area contributed by atoms with Crippen molar-refractivity contribution >= 4 is 28.2 Å². The van der Waals surface area contributed by atoms with Gasteiger partial charge in [-0.1, -0.05) is 12.1 Å². The lowest BCUT2D eigenvalue weighted by atomic mass is 10.0. The van der Waals surface area contributed by atoms with Gasteiger partial charge in [0.2, 0.25) is 0 Å². The van der Waals surface area contributed by atoms with Gasteiger partial charge in [-0.2, -0.15) is 5.10 Å². The van der Waals surface area contributed by atoms with Crippen LogP contribution in [0.3, 0.4) is 0 Å². The van der Waals surface area contributed by atoms with Gasteiger partial charge < -0.3 is 15.4 Å². The summed E-state index contributed by atoms with van der Waals surface area (Å²) in [6.45, 7) is 1.92. The number of rotatable bonds is 7. The normalized spacial score (nSPS) is 11.8. The molecule has 5 aromatic rings. The average Bonchev–Trinajstić information content (AvgIpc) is 3.32. The van der Waals surface area contributed by atoms with E-state index in [-0.39, 0.29) is 11.7 Å². The van der Waals surface area contributed by atoms with E-state index in [1.165, 1.54) is 19.2 Å². The molecule has 0 saturated carbocycles. The minimum atomic E-state index is -0.658. The maximum atomic E-state index is 14.5. The zero-order valence-electron chi connectivity index (χ0n) is 20.6. The molecule has 1 atom stereocenters. The Hall–Kier alpha value is -4.79. The van der Waals surface area contributed by atoms with Crippen LogP contribution in [0.5, 0.6) is 5.75 Å². The molecule has 8 nitrogen and oxygen atoms in total. The predicted octanol–water partition coefficient (Wildman–Crippen LogP) is 5.08. The summed E-state index contributed by atoms with van der Waals surface area (Å²) in [4.78, 5) is 22.0. The summed E-state index contributed by atoms with van der Waals surface area (Å²) < 4.78 is 21.2. The lowest BCUT2D eigenvalue weighted by Gasteiger charge is -2.18. The summed E-state index contributed by atoms with van der Waals surface area (Å²) in [6, 6.07) is 16.8. The highest BCUT2D eigenvalue weighted by Crippen LogP contribution is 2.27. The zero-order chi connectivity index (χ0) is 25.9. The molecule has 2 N–H and O–H groups in total. The van der Waals surface area contributed by atoms with Gasteiger partial charge in [-0.25, -0.2) is 9.37 Å². The highest BCUT2D eigenvalue weighted by Gasteiger charge is 2.22. The average molecular weight is 497 g/mol. The Kier molecular flexibility index (Phi) is 6.51. The second-order valence-corrected chi connectivity index (χ2v) is 8.66. The first-order chi connectivity index (χ1) is 17.9. The number of ether oxygens (including phenoxy) is 1. The smallest absolute Gasteiger partial charge is 0.252 e. The van der Waals surface area contributed by atoms with Gasteiger partial charge in [-0.3, -0.25) is 14.5 Å². The first-order valence-corrected chi connectivity index (χ1v) is 11.6. The number of pyridine rings is 2. The van der Waals surface area contributed by atoms with Crippen molar-refractivity contribution in [3.8, 4) is 5.75 Å². The predicted molar refractivity (Wildman–Crippen MR) is 139 cm³/mol. The maximum absolute atomic E-state index is 14.5. The van der Waals surface area contributed by atoms with Crippen LogP contribution in [0.4, 0.5) is 15.9 Å². The van der Waals surface area contributed by atoms with Crippen molar-refractivity contribution in [3.05, 3.63) is 108 Å². The monoisotopic (exact) mass is 496 g/mol. The first-order valence-electron chi connectivity index (χ1n) is 11.6. The van der Waals surface area contributed by atoms with Crippen LogP contribution in [0, 0.1) is 12.7 Å². The van der Waals surface area contributed by atoms with Gasteiger partial charge in [-0.05, 0) is 66.4 Å². The Morgan fingerprint density at radius 2 is 1.89 bits per heavy atom. The third-order valence-corrected chi connectivity index (χ3v) is 5.97. The minimum Gasteiger partial charge on any atom is -0.494 e. The Morgan fingerprint density at radius 3 is 2.62 bits per heavy atom. The number of nitrogens with one attached hydrogen (secondary N) is 2. The van der Waals surface area contributed by atoms with Crippen molar-refractivity contribution in [2.24, 2.45) is 7.05 Å². The molecule has 0 aliphatic rings. The second kappa shape index (κ2) is 10.1. The molecule has 9 heteroatoms. The third kappa shape index (κ3) is 5.25. The number of halogens is 1. The first kappa shape index (κ1) is 23.9. The second-order valence-electron chi connectivity index (χ2n) is 8.66. The number of methoxy groups -OCH3 is 1. The highest BCUT2D eigenvalue weighted by atomic mass is 19.1. The summed E-state index contributed by atoms with van der Waals surface area (Å²) >= 11 is 0. The van der Waals surface area contributed by atoms with Crippen molar-refractivity contribution in [2.75, 3.05) is 12.4 Å². The fourth-order valence-corrected chi connectivity index (χ4v) is 4.11. The summed E-state index contributed by atoms with van der Waals surface area (Å²) in [5.41, 5.74) is 3.36. The van der Waals surface area contributed by atoms with Gasteiger partial charge in [0.05, 0.1) is 18.8 Å². The Morgan fingerprint density at radius 1 is 1.03 bits per heavy atom. The lowest BCUT2D eigenvalue weighted by Crippen LogP contribution is -2.29. The van der Waals surface area contributed by atoms with Crippen LogP contribution in [-0.2, 0) is 7.05 Å². The van der Waals surface area contributed by atoms with E-state index in [0.717, 1.165) is 22.2 Å². The molecule has 0 saturated heterocycles. The fourth-order valence-electron chi connectivity index (χ4n) is 4.11. The number of carbonyl (C=O) groups excluding carboxylic acids is 1. The van der Waals surface area contributed by atoms with E-state index in [2.05, 4.69) is 25.7 Å². The number of hydrogen-bond donors (Lipinski definition) is 2. The van der Waals surface area contributed by atoms with E-state index in [1.54, 1.807) is 54.6 Å². The molecule has 0 bridgehead atoms. The standard InChI is InChI=1S/C28H25FN6O2/c1-17-12-22(8-10-30-17)32-26-15-21-13-19(4-5-20(21)16-31-26)28(36)33-27(24-9-11-35(2)34-24)18-6-7-25(37-3)23(29)14-18/h4-16,27H,1-3H3,(H,33,36)(H,30,31,32)/t27-/m0/s1. The van der Waals surface area contributed by atoms with Gasteiger partial charge in [0, 0.05) is 48.0 Å². The van der Waals surface area contributed by atoms with E-state index in [9.17, 15) is 9.18 Å². The van der Waals surface area contributed by atoms with Crippen molar-refractivity contribution in [2.45, 2.75) is 13.0 Å². The molecule has 0 fully saturated rings. The Bertz CT molecular complexity index is 1600. The molecule has 0 aliphatic carbocycles. The summed E-state index contributed by atoms with van der Waals surface area (Å²) in [6.07, 6.45) is 5.26. The van der Waals surface area contributed by atoms with Gasteiger partial charge in [0.25, 0.3) is 5.91 Å². The summed E-state index contributed by atoms with van der Waals surface area (Å²) in [7, 11) is 3.19. The highest BCUT2D eigenvalue weighted by molar-refractivity contribution is 5.99. The molecule has 0 spiro atoms. The molecule has 37 heavy (non-hydrogen) atoms. The molecular formula is C28H25FN6O2. The molecule has 3 aromatic heterocycles. The fraction of sp³-hybridized carbons (Fsp3) is 0.143. The number of anilines is 2. The number of hydrogen-bond acceptors (Lipinski definition) is 6. The number of carbonyl (C=O) groups is 1. The SMILES string of the molecule is COc1ccc([C@H](NC(=O)c2ccc3cnc(Nc4ccnc(C)c4)cc3c2)c2ccn(C)n2)cc1F. The summed E-state index contributed by atoms with van der Waals surface area (Å²) in [5.74, 6) is -0.0530. The van der Waals surface area contributed by atoms with E-state index < -0.39 is 11.9 Å². The van der Waals surface area contributed by atoms with Crippen molar-refractivity contribution in [1.29, 1.82) is 0 Å². The number of fused-ring (bicyclic) bond motifs is 1. The minimum absolute atomic E-state index is 0.129. The summed E-state index contributed by atoms with van der Waals surface area (Å²) in [5, 5.41) is 12.5. The van der Waals surface area contributed by atoms with Crippen molar-refractivity contribution < 1.29 is 13.9 Å². The van der Waals surface area contributed by atoms with Gasteiger partial charge in [-0.15, -0.1) is 0 Å². The van der Waals surface area contributed by atoms with E-state index in [4.69, 9.17) is 4.74 Å². The molecule has 0 aliphatic heterocycles. The van der Waals surface area contributed by atoms with Crippen LogP contribution in [0.15, 0.2) is 79.3 Å². The van der Waals surface area contributed by atoms with Gasteiger partial charge in [0.15, 0.2) is 11.6 Å². The lowest BCUT2D eigenvalue weighted by molar-refractivity contribution is 0.0942. The van der Waals surface area contributed by atoms with Crippen LogP contribution in [0.2, 0.25) is 0 Å². The van der Waals surface area contributed by atoms with Crippen LogP contribution in [-0.4, -0.2) is 32.8 Å². The molecular weight excluding hydrogens is 471 g/mol. The topological polar surface area (TPSA) is 94.0 Å². The van der Waals surface area contributed by atoms with E-state index in [1.807, 2.05) is 31.2 Å². The maximum Gasteiger partial charge on any atom is 0.252 e. The quantitative estimate of drug-likeness (QED) is 0.326. The van der Waals surface area contributed by atoms with E-state index in [0.29, 0.717) is 22.6 Å². The van der Waals surface area contributed by atoms with Crippen LogP contribution in [0.1, 0.15) is 33.4 Å². The Balaban J connectivity index is 1.44. The van der Waals surface area contributed by atoms with Crippen LogP contribution >= 0.6 is 0 Å². The number of aromatic nitrogens is 4. The molecule has 186 valence electrons. The molecule has 3 heterocycles. The van der Waals surface area contributed by atoms with Crippen molar-refractivity contribution in [1.82, 2.24) is 25.1 Å². The van der Waals surface area contributed by atoms with Gasteiger partial charge in [0.1, 0.15) is 5.82 Å². The van der Waals surface area contributed by atoms with Crippen LogP contribution in [0.25, 0.3) is 10.8 Å². The molecule has 2 aromatic carbocycles. The van der Waals surface area contributed by atoms with Crippen LogP contribution < -0.4 is 15.4 Å². The molecule has 1 amide bonds. The number of benzene rings is 2. The molecule has 5 rings (SSSR count). The van der Waals surface area contributed by atoms with Gasteiger partial charge >= 0.3 is 0 Å². The number of nitrogens with zero attached hydrogens (tertiary/aromatic N) is 4. The third-order valence-electron chi connectivity index (χ3n) is 5.97. The molecule has 0 unspecified atom stereocenters. The zero-order valence-corrected chi connectivity index (χ0v) is 20.6. The molecule has 0 radical (unpaired) electrons. The number of amides is 1. The largest absolute Gasteiger partial charge is 0.494 e. The van der Waals surface area contributed by atoms with E-state index >= 15 is 0 Å². The van der Waals surface area contributed by atoms with Crippen molar-refractivity contribution in [3.63, 3.8) is 0 Å².